The lowest BCUT2D eigenvalue weighted by molar-refractivity contribution is -0.257. The number of ether oxygens (including phenoxy) is 1. The molecule has 2 nitrogen and oxygen atoms in total. The molecule has 1 aromatic carbocycles. The fraction of sp³-hybridized carbons (Fsp3) is 0.357. The topological polar surface area (TPSA) is 26.3 Å². The first-order valence-electron chi connectivity index (χ1n) is 5.74. The lowest BCUT2D eigenvalue weighted by Crippen LogP contribution is -2.60. The second-order valence-electron chi connectivity index (χ2n) is 5.05. The SMILES string of the molecule is CC(C)(C=O)C1(C(F)(F)F)C=Cc2ccccc2O1. The Morgan fingerprint density at radius 3 is 2.42 bits per heavy atom. The number of benzene rings is 1. The molecule has 0 saturated heterocycles. The summed E-state index contributed by atoms with van der Waals surface area (Å²) in [7, 11) is 0. The third-order valence-electron chi connectivity index (χ3n) is 3.36. The van der Waals surface area contributed by atoms with Crippen LogP contribution in [0.4, 0.5) is 13.2 Å². The summed E-state index contributed by atoms with van der Waals surface area (Å²) in [5, 5.41) is 0. The largest absolute Gasteiger partial charge is 0.472 e. The smallest absolute Gasteiger partial charge is 0.433 e. The van der Waals surface area contributed by atoms with Crippen molar-refractivity contribution in [3.8, 4) is 5.75 Å². The van der Waals surface area contributed by atoms with Crippen molar-refractivity contribution in [2.24, 2.45) is 5.41 Å². The van der Waals surface area contributed by atoms with Gasteiger partial charge in [0.2, 0.25) is 5.60 Å². The number of carbonyl (C=O) groups is 1. The number of hydrogen-bond donors (Lipinski definition) is 0. The maximum atomic E-state index is 13.4. The number of alkyl halides is 3. The van der Waals surface area contributed by atoms with Crippen LogP contribution >= 0.6 is 0 Å². The van der Waals surface area contributed by atoms with Crippen LogP contribution in [0.3, 0.4) is 0 Å². The van der Waals surface area contributed by atoms with E-state index in [0.717, 1.165) is 6.08 Å². The molecule has 0 aliphatic carbocycles. The van der Waals surface area contributed by atoms with Crippen molar-refractivity contribution in [2.75, 3.05) is 0 Å². The Morgan fingerprint density at radius 1 is 1.21 bits per heavy atom. The van der Waals surface area contributed by atoms with Crippen LogP contribution in [0.25, 0.3) is 6.08 Å². The average Bonchev–Trinajstić information content (AvgIpc) is 2.36. The molecule has 1 unspecified atom stereocenters. The fourth-order valence-corrected chi connectivity index (χ4v) is 2.08. The zero-order chi connectivity index (χ0) is 14.3. The highest BCUT2D eigenvalue weighted by molar-refractivity contribution is 5.68. The van der Waals surface area contributed by atoms with Crippen molar-refractivity contribution in [1.29, 1.82) is 0 Å². The molecule has 19 heavy (non-hydrogen) atoms. The van der Waals surface area contributed by atoms with E-state index >= 15 is 0 Å². The second-order valence-corrected chi connectivity index (χ2v) is 5.05. The standard InChI is InChI=1S/C14H13F3O2/c1-12(2,9-18)13(14(15,16)17)8-7-10-5-3-4-6-11(10)19-13/h3-9H,1-2H3. The van der Waals surface area contributed by atoms with Gasteiger partial charge in [0, 0.05) is 5.56 Å². The summed E-state index contributed by atoms with van der Waals surface area (Å²) in [6.07, 6.45) is -2.15. The molecule has 102 valence electrons. The van der Waals surface area contributed by atoms with E-state index in [-0.39, 0.29) is 12.0 Å². The van der Waals surface area contributed by atoms with E-state index in [0.29, 0.717) is 5.56 Å². The summed E-state index contributed by atoms with van der Waals surface area (Å²) < 4.78 is 45.5. The number of carbonyl (C=O) groups excluding carboxylic acids is 1. The molecule has 0 spiro atoms. The molecule has 1 heterocycles. The van der Waals surface area contributed by atoms with Gasteiger partial charge >= 0.3 is 6.18 Å². The zero-order valence-electron chi connectivity index (χ0n) is 10.5. The van der Waals surface area contributed by atoms with Crippen molar-refractivity contribution in [3.63, 3.8) is 0 Å². The van der Waals surface area contributed by atoms with Crippen LogP contribution in [-0.2, 0) is 4.79 Å². The summed E-state index contributed by atoms with van der Waals surface area (Å²) in [4.78, 5) is 11.1. The van der Waals surface area contributed by atoms with Gasteiger partial charge in [0.05, 0.1) is 5.41 Å². The van der Waals surface area contributed by atoms with E-state index in [2.05, 4.69) is 0 Å². The van der Waals surface area contributed by atoms with Gasteiger partial charge in [-0.25, -0.2) is 0 Å². The van der Waals surface area contributed by atoms with Crippen molar-refractivity contribution in [1.82, 2.24) is 0 Å². The number of fused-ring (bicyclic) bond motifs is 1. The molecule has 0 amide bonds. The van der Waals surface area contributed by atoms with E-state index in [4.69, 9.17) is 4.74 Å². The van der Waals surface area contributed by atoms with Gasteiger partial charge in [0.25, 0.3) is 0 Å². The highest BCUT2D eigenvalue weighted by atomic mass is 19.4. The Bertz CT molecular complexity index is 532. The summed E-state index contributed by atoms with van der Waals surface area (Å²) in [6.45, 7) is 2.43. The molecule has 5 heteroatoms. The third kappa shape index (κ3) is 1.93. The lowest BCUT2D eigenvalue weighted by Gasteiger charge is -2.44. The highest BCUT2D eigenvalue weighted by Crippen LogP contribution is 2.49. The Morgan fingerprint density at radius 2 is 1.84 bits per heavy atom. The van der Waals surface area contributed by atoms with Gasteiger partial charge in [-0.1, -0.05) is 24.3 Å². The van der Waals surface area contributed by atoms with E-state index in [1.807, 2.05) is 0 Å². The second kappa shape index (κ2) is 4.11. The minimum absolute atomic E-state index is 0.122. The van der Waals surface area contributed by atoms with Crippen LogP contribution in [-0.4, -0.2) is 18.1 Å². The summed E-state index contributed by atoms with van der Waals surface area (Å²) in [5.74, 6) is 0.122. The van der Waals surface area contributed by atoms with Crippen LogP contribution in [0.2, 0.25) is 0 Å². The predicted octanol–water partition coefficient (Wildman–Crippen LogP) is 3.62. The maximum Gasteiger partial charge on any atom is 0.433 e. The Labute approximate surface area is 108 Å². The van der Waals surface area contributed by atoms with Gasteiger partial charge in [-0.2, -0.15) is 13.2 Å². The van der Waals surface area contributed by atoms with Crippen LogP contribution in [0.15, 0.2) is 30.3 Å². The van der Waals surface area contributed by atoms with Crippen LogP contribution < -0.4 is 4.74 Å². The molecule has 1 atom stereocenters. The van der Waals surface area contributed by atoms with E-state index < -0.39 is 17.2 Å². The molecule has 0 bridgehead atoms. The summed E-state index contributed by atoms with van der Waals surface area (Å²) >= 11 is 0. The molecule has 0 fully saturated rings. The Hall–Kier alpha value is -1.78. The molecule has 1 aliphatic heterocycles. The zero-order valence-corrected chi connectivity index (χ0v) is 10.5. The van der Waals surface area contributed by atoms with Crippen molar-refractivity contribution in [3.05, 3.63) is 35.9 Å². The van der Waals surface area contributed by atoms with Gasteiger partial charge in [0.1, 0.15) is 12.0 Å². The average molecular weight is 270 g/mol. The molecular weight excluding hydrogens is 257 g/mol. The first-order chi connectivity index (χ1) is 8.73. The molecule has 0 radical (unpaired) electrons. The molecule has 1 aromatic rings. The minimum Gasteiger partial charge on any atom is -0.472 e. The normalized spacial score (nSPS) is 22.6. The molecule has 0 saturated carbocycles. The lowest BCUT2D eigenvalue weighted by atomic mass is 9.73. The number of para-hydroxylation sites is 1. The van der Waals surface area contributed by atoms with Gasteiger partial charge in [-0.3, -0.25) is 0 Å². The Kier molecular flexibility index (Phi) is 2.96. The molecule has 0 aromatic heterocycles. The Balaban J connectivity index is 2.60. The van der Waals surface area contributed by atoms with Gasteiger partial charge in [-0.15, -0.1) is 0 Å². The third-order valence-corrected chi connectivity index (χ3v) is 3.36. The number of rotatable bonds is 2. The highest BCUT2D eigenvalue weighted by Gasteiger charge is 2.65. The van der Waals surface area contributed by atoms with Gasteiger partial charge in [-0.05, 0) is 26.0 Å². The summed E-state index contributed by atoms with van der Waals surface area (Å²) in [5.41, 5.74) is -3.81. The van der Waals surface area contributed by atoms with Crippen LogP contribution in [0.5, 0.6) is 5.75 Å². The van der Waals surface area contributed by atoms with Crippen LogP contribution in [0.1, 0.15) is 19.4 Å². The first kappa shape index (κ1) is 13.6. The maximum absolute atomic E-state index is 13.4. The number of aldehydes is 1. The summed E-state index contributed by atoms with van der Waals surface area (Å²) in [6, 6.07) is 6.41. The predicted molar refractivity (Wildman–Crippen MR) is 64.7 cm³/mol. The number of halogens is 3. The van der Waals surface area contributed by atoms with E-state index in [9.17, 15) is 18.0 Å². The first-order valence-corrected chi connectivity index (χ1v) is 5.74. The van der Waals surface area contributed by atoms with Gasteiger partial charge < -0.3 is 9.53 Å². The van der Waals surface area contributed by atoms with Gasteiger partial charge in [0.15, 0.2) is 0 Å². The van der Waals surface area contributed by atoms with E-state index in [1.165, 1.54) is 26.0 Å². The van der Waals surface area contributed by atoms with Crippen molar-refractivity contribution < 1.29 is 22.7 Å². The van der Waals surface area contributed by atoms with Crippen molar-refractivity contribution in [2.45, 2.75) is 25.6 Å². The minimum atomic E-state index is -4.69. The van der Waals surface area contributed by atoms with Crippen molar-refractivity contribution >= 4 is 12.4 Å². The molecule has 2 rings (SSSR count). The molecule has 1 aliphatic rings. The number of hydrogen-bond acceptors (Lipinski definition) is 2. The fourth-order valence-electron chi connectivity index (χ4n) is 2.08. The molecule has 0 N–H and O–H groups in total. The molecular formula is C14H13F3O2. The van der Waals surface area contributed by atoms with E-state index in [1.54, 1.807) is 18.2 Å². The quantitative estimate of drug-likeness (QED) is 0.767. The van der Waals surface area contributed by atoms with Crippen LogP contribution in [0, 0.1) is 5.41 Å². The monoisotopic (exact) mass is 270 g/mol.